The zero-order valence-corrected chi connectivity index (χ0v) is 17.4. The third-order valence-corrected chi connectivity index (χ3v) is 7.41. The van der Waals surface area contributed by atoms with E-state index in [0.717, 1.165) is 5.56 Å². The van der Waals surface area contributed by atoms with Gasteiger partial charge in [0, 0.05) is 25.0 Å². The number of hydrogen-bond acceptors (Lipinski definition) is 4. The third kappa shape index (κ3) is 4.55. The highest BCUT2D eigenvalue weighted by atomic mass is 32.2. The van der Waals surface area contributed by atoms with Crippen molar-refractivity contribution < 1.29 is 22.3 Å². The molecule has 4 rings (SSSR count). The van der Waals surface area contributed by atoms with Crippen LogP contribution in [0.1, 0.15) is 24.3 Å². The van der Waals surface area contributed by atoms with E-state index in [9.17, 15) is 17.6 Å². The van der Waals surface area contributed by atoms with Gasteiger partial charge in [0.15, 0.2) is 0 Å². The highest BCUT2D eigenvalue weighted by molar-refractivity contribution is 7.89. The summed E-state index contributed by atoms with van der Waals surface area (Å²) >= 11 is 0. The van der Waals surface area contributed by atoms with Crippen molar-refractivity contribution >= 4 is 15.9 Å². The Morgan fingerprint density at radius 1 is 1.00 bits per heavy atom. The van der Waals surface area contributed by atoms with Gasteiger partial charge in [-0.05, 0) is 48.6 Å². The molecule has 2 aliphatic rings. The van der Waals surface area contributed by atoms with Crippen molar-refractivity contribution in [1.82, 2.24) is 9.62 Å². The maximum Gasteiger partial charge on any atom is 0.240 e. The van der Waals surface area contributed by atoms with Crippen molar-refractivity contribution in [2.45, 2.75) is 29.7 Å². The van der Waals surface area contributed by atoms with E-state index >= 15 is 0 Å². The second-order valence-electron chi connectivity index (χ2n) is 7.80. The first kappa shape index (κ1) is 21.0. The molecule has 1 N–H and O–H groups in total. The molecular formula is C22H25FN2O4S. The van der Waals surface area contributed by atoms with Crippen LogP contribution in [0.3, 0.4) is 0 Å². The fourth-order valence-electron chi connectivity index (χ4n) is 4.39. The molecule has 3 atom stereocenters. The molecule has 2 aromatic carbocycles. The van der Waals surface area contributed by atoms with Gasteiger partial charge in [0.1, 0.15) is 5.82 Å². The second-order valence-corrected chi connectivity index (χ2v) is 9.52. The van der Waals surface area contributed by atoms with E-state index in [1.807, 2.05) is 0 Å². The number of sulfonamides is 1. The van der Waals surface area contributed by atoms with Crippen LogP contribution < -0.4 is 4.72 Å². The van der Waals surface area contributed by atoms with Crippen LogP contribution in [0.5, 0.6) is 0 Å². The highest BCUT2D eigenvalue weighted by Gasteiger charge is 2.42. The predicted octanol–water partition coefficient (Wildman–Crippen LogP) is 2.53. The lowest BCUT2D eigenvalue weighted by Gasteiger charge is -2.31. The first-order chi connectivity index (χ1) is 14.4. The average Bonchev–Trinajstić information content (AvgIpc) is 3.18. The average molecular weight is 433 g/mol. The van der Waals surface area contributed by atoms with E-state index < -0.39 is 10.0 Å². The number of morpholine rings is 1. The van der Waals surface area contributed by atoms with Gasteiger partial charge in [-0.15, -0.1) is 0 Å². The summed E-state index contributed by atoms with van der Waals surface area (Å²) in [6.45, 7) is 2.07. The number of benzene rings is 2. The van der Waals surface area contributed by atoms with Crippen LogP contribution in [0.25, 0.3) is 0 Å². The van der Waals surface area contributed by atoms with Crippen LogP contribution >= 0.6 is 0 Å². The lowest BCUT2D eigenvalue weighted by molar-refractivity contribution is -0.140. The number of nitrogens with one attached hydrogen (secondary N) is 1. The number of carbonyl (C=O) groups excluding carboxylic acids is 1. The van der Waals surface area contributed by atoms with Crippen LogP contribution in [-0.4, -0.2) is 51.6 Å². The van der Waals surface area contributed by atoms with E-state index in [4.69, 9.17) is 4.74 Å². The first-order valence-corrected chi connectivity index (χ1v) is 11.6. The minimum absolute atomic E-state index is 0.00836. The Balaban J connectivity index is 1.57. The summed E-state index contributed by atoms with van der Waals surface area (Å²) in [4.78, 5) is 15.2. The van der Waals surface area contributed by atoms with Gasteiger partial charge in [0.2, 0.25) is 15.9 Å². The molecule has 0 radical (unpaired) electrons. The molecule has 1 amide bonds. The molecular weight excluding hydrogens is 407 g/mol. The summed E-state index contributed by atoms with van der Waals surface area (Å²) in [6.07, 6.45) is 0.892. The molecule has 0 aromatic heterocycles. The second kappa shape index (κ2) is 8.83. The predicted molar refractivity (Wildman–Crippen MR) is 110 cm³/mol. The summed E-state index contributed by atoms with van der Waals surface area (Å²) in [7, 11) is -3.68. The Bertz CT molecular complexity index is 976. The molecule has 1 saturated heterocycles. The quantitative estimate of drug-likeness (QED) is 0.788. The molecule has 0 unspecified atom stereocenters. The van der Waals surface area contributed by atoms with E-state index in [1.54, 1.807) is 47.4 Å². The number of amides is 1. The standard InChI is InChI=1S/C22H25FN2O4S/c23-17-8-6-16(7-9-17)20-14-18(24-30(27,28)19-4-2-1-3-5-19)15-21(20)22(26)25-10-12-29-13-11-25/h1-9,18,20-21,24H,10-15H2/t18-,20+,21-/m0/s1. The molecule has 2 aromatic rings. The van der Waals surface area contributed by atoms with Crippen LogP contribution in [-0.2, 0) is 19.6 Å². The van der Waals surface area contributed by atoms with Gasteiger partial charge in [-0.3, -0.25) is 4.79 Å². The van der Waals surface area contributed by atoms with E-state index in [1.165, 1.54) is 12.1 Å². The summed E-state index contributed by atoms with van der Waals surface area (Å²) < 4.78 is 47.1. The molecule has 160 valence electrons. The van der Waals surface area contributed by atoms with Crippen LogP contribution in [0.4, 0.5) is 4.39 Å². The Kier molecular flexibility index (Phi) is 6.17. The maximum atomic E-state index is 13.4. The molecule has 1 saturated carbocycles. The Morgan fingerprint density at radius 2 is 1.67 bits per heavy atom. The topological polar surface area (TPSA) is 75.7 Å². The smallest absolute Gasteiger partial charge is 0.240 e. The summed E-state index contributed by atoms with van der Waals surface area (Å²) in [6, 6.07) is 14.0. The third-order valence-electron chi connectivity index (χ3n) is 5.88. The van der Waals surface area contributed by atoms with Crippen molar-refractivity contribution in [3.63, 3.8) is 0 Å². The van der Waals surface area contributed by atoms with Crippen molar-refractivity contribution in [1.29, 1.82) is 0 Å². The van der Waals surface area contributed by atoms with Crippen molar-refractivity contribution in [3.05, 3.63) is 66.0 Å². The van der Waals surface area contributed by atoms with Gasteiger partial charge >= 0.3 is 0 Å². The lowest BCUT2D eigenvalue weighted by atomic mass is 9.88. The minimum Gasteiger partial charge on any atom is -0.378 e. The molecule has 8 heteroatoms. The fourth-order valence-corrected chi connectivity index (χ4v) is 5.67. The monoisotopic (exact) mass is 432 g/mol. The number of carbonyl (C=O) groups is 1. The Morgan fingerprint density at radius 3 is 2.33 bits per heavy atom. The van der Waals surface area contributed by atoms with Crippen LogP contribution in [0.15, 0.2) is 59.5 Å². The zero-order valence-electron chi connectivity index (χ0n) is 16.5. The molecule has 0 spiro atoms. The van der Waals surface area contributed by atoms with Crippen molar-refractivity contribution in [2.24, 2.45) is 5.92 Å². The number of ether oxygens (including phenoxy) is 1. The van der Waals surface area contributed by atoms with Gasteiger partial charge in [0.25, 0.3) is 0 Å². The van der Waals surface area contributed by atoms with Crippen molar-refractivity contribution in [3.8, 4) is 0 Å². The number of rotatable bonds is 5. The summed E-state index contributed by atoms with van der Waals surface area (Å²) in [5, 5.41) is 0. The van der Waals surface area contributed by atoms with E-state index in [2.05, 4.69) is 4.72 Å². The molecule has 1 aliphatic heterocycles. The normalized spacial score (nSPS) is 24.7. The Hall–Kier alpha value is -2.29. The van der Waals surface area contributed by atoms with Crippen LogP contribution in [0.2, 0.25) is 0 Å². The van der Waals surface area contributed by atoms with Crippen LogP contribution in [0, 0.1) is 11.7 Å². The molecule has 30 heavy (non-hydrogen) atoms. The highest BCUT2D eigenvalue weighted by Crippen LogP contribution is 2.41. The molecule has 0 bridgehead atoms. The van der Waals surface area contributed by atoms with Gasteiger partial charge in [-0.1, -0.05) is 30.3 Å². The minimum atomic E-state index is -3.68. The molecule has 6 nitrogen and oxygen atoms in total. The van der Waals surface area contributed by atoms with Gasteiger partial charge in [-0.2, -0.15) is 0 Å². The maximum absolute atomic E-state index is 13.4. The summed E-state index contributed by atoms with van der Waals surface area (Å²) in [5.74, 6) is -0.871. The number of nitrogens with zero attached hydrogens (tertiary/aromatic N) is 1. The van der Waals surface area contributed by atoms with E-state index in [0.29, 0.717) is 39.1 Å². The van der Waals surface area contributed by atoms with Gasteiger partial charge < -0.3 is 9.64 Å². The fraction of sp³-hybridized carbons (Fsp3) is 0.409. The summed E-state index contributed by atoms with van der Waals surface area (Å²) in [5.41, 5.74) is 0.851. The molecule has 1 heterocycles. The van der Waals surface area contributed by atoms with E-state index in [-0.39, 0.29) is 34.5 Å². The molecule has 1 aliphatic carbocycles. The Labute approximate surface area is 176 Å². The van der Waals surface area contributed by atoms with Gasteiger partial charge in [0.05, 0.1) is 18.1 Å². The first-order valence-electron chi connectivity index (χ1n) is 10.1. The number of halogens is 1. The largest absolute Gasteiger partial charge is 0.378 e. The van der Waals surface area contributed by atoms with Gasteiger partial charge in [-0.25, -0.2) is 17.5 Å². The number of hydrogen-bond donors (Lipinski definition) is 1. The molecule has 2 fully saturated rings. The SMILES string of the molecule is O=C([C@H]1C[C@@H](NS(=O)(=O)c2ccccc2)C[C@@H]1c1ccc(F)cc1)N1CCOCC1. The zero-order chi connectivity index (χ0) is 21.1. The lowest BCUT2D eigenvalue weighted by Crippen LogP contribution is -2.44. The van der Waals surface area contributed by atoms with Crippen molar-refractivity contribution in [2.75, 3.05) is 26.3 Å².